The van der Waals surface area contributed by atoms with Crippen LogP contribution in [0, 0.1) is 5.92 Å². The molecule has 3 nitrogen and oxygen atoms in total. The van der Waals surface area contributed by atoms with E-state index in [0.29, 0.717) is 13.3 Å². The Morgan fingerprint density at radius 3 is 2.75 bits per heavy atom. The van der Waals surface area contributed by atoms with Crippen molar-refractivity contribution in [2.75, 3.05) is 13.3 Å². The molecule has 3 rings (SSSR count). The van der Waals surface area contributed by atoms with E-state index >= 15 is 0 Å². The minimum Gasteiger partial charge on any atom is -0.454 e. The first-order valence-electron chi connectivity index (χ1n) is 5.84. The maximum Gasteiger partial charge on any atom is 0.231 e. The first kappa shape index (κ1) is 9.97. The molecule has 0 bridgehead atoms. The molecule has 2 N–H and O–H groups in total. The third-order valence-electron chi connectivity index (χ3n) is 3.93. The summed E-state index contributed by atoms with van der Waals surface area (Å²) in [5.41, 5.74) is 7.33. The van der Waals surface area contributed by atoms with Crippen LogP contribution in [0.3, 0.4) is 0 Å². The van der Waals surface area contributed by atoms with Crippen LogP contribution in [0.25, 0.3) is 0 Å². The van der Waals surface area contributed by atoms with Crippen molar-refractivity contribution in [1.82, 2.24) is 0 Å². The molecule has 0 radical (unpaired) electrons. The van der Waals surface area contributed by atoms with Gasteiger partial charge in [0.25, 0.3) is 0 Å². The predicted octanol–water partition coefficient (Wildman–Crippen LogP) is 2.04. The maximum atomic E-state index is 5.95. The summed E-state index contributed by atoms with van der Waals surface area (Å²) in [5, 5.41) is 0. The van der Waals surface area contributed by atoms with Crippen LogP contribution in [0.5, 0.6) is 11.5 Å². The molecule has 1 aliphatic heterocycles. The van der Waals surface area contributed by atoms with Crippen molar-refractivity contribution >= 4 is 0 Å². The van der Waals surface area contributed by atoms with Crippen LogP contribution >= 0.6 is 0 Å². The Kier molecular flexibility index (Phi) is 2.11. The zero-order valence-corrected chi connectivity index (χ0v) is 9.53. The van der Waals surface area contributed by atoms with E-state index in [1.165, 1.54) is 18.4 Å². The molecule has 0 aromatic heterocycles. The molecule has 3 heteroatoms. The summed E-state index contributed by atoms with van der Waals surface area (Å²) in [6.07, 6.45) is 2.59. The van der Waals surface area contributed by atoms with Gasteiger partial charge in [-0.1, -0.05) is 13.0 Å². The van der Waals surface area contributed by atoms with Gasteiger partial charge in [-0.05, 0) is 36.5 Å². The van der Waals surface area contributed by atoms with Gasteiger partial charge in [-0.2, -0.15) is 0 Å². The molecule has 1 aliphatic carbocycles. The standard InChI is InChI=1S/C13H17NO2/c1-13(7-14,9-2-3-9)10-4-5-11-12(6-10)16-8-15-11/h4-6,9H,2-3,7-8,14H2,1H3. The van der Waals surface area contributed by atoms with E-state index in [2.05, 4.69) is 19.1 Å². The molecule has 86 valence electrons. The summed E-state index contributed by atoms with van der Waals surface area (Å²) in [7, 11) is 0. The van der Waals surface area contributed by atoms with Crippen LogP contribution in [-0.4, -0.2) is 13.3 Å². The minimum absolute atomic E-state index is 0.0982. The molecule has 1 unspecified atom stereocenters. The molecule has 0 saturated heterocycles. The molecule has 1 atom stereocenters. The van der Waals surface area contributed by atoms with Crippen LogP contribution < -0.4 is 15.2 Å². The van der Waals surface area contributed by atoms with Crippen LogP contribution in [0.1, 0.15) is 25.3 Å². The topological polar surface area (TPSA) is 44.5 Å². The van der Waals surface area contributed by atoms with E-state index in [9.17, 15) is 0 Å². The lowest BCUT2D eigenvalue weighted by molar-refractivity contribution is 0.174. The molecular formula is C13H17NO2. The highest BCUT2D eigenvalue weighted by molar-refractivity contribution is 5.47. The van der Waals surface area contributed by atoms with Gasteiger partial charge in [0.1, 0.15) is 0 Å². The van der Waals surface area contributed by atoms with Gasteiger partial charge in [0.05, 0.1) is 0 Å². The van der Waals surface area contributed by atoms with E-state index in [4.69, 9.17) is 15.2 Å². The lowest BCUT2D eigenvalue weighted by Crippen LogP contribution is -2.34. The first-order valence-corrected chi connectivity index (χ1v) is 5.84. The molecule has 1 heterocycles. The van der Waals surface area contributed by atoms with Gasteiger partial charge in [0.2, 0.25) is 6.79 Å². The van der Waals surface area contributed by atoms with Crippen LogP contribution in [0.15, 0.2) is 18.2 Å². The fourth-order valence-electron chi connectivity index (χ4n) is 2.49. The third kappa shape index (κ3) is 1.39. The van der Waals surface area contributed by atoms with Crippen molar-refractivity contribution in [1.29, 1.82) is 0 Å². The highest BCUT2D eigenvalue weighted by Crippen LogP contribution is 2.48. The van der Waals surface area contributed by atoms with Gasteiger partial charge in [-0.15, -0.1) is 0 Å². The van der Waals surface area contributed by atoms with E-state index in [1.807, 2.05) is 6.07 Å². The average Bonchev–Trinajstić information content (AvgIpc) is 3.06. The second-order valence-electron chi connectivity index (χ2n) is 4.96. The number of ether oxygens (including phenoxy) is 2. The summed E-state index contributed by atoms with van der Waals surface area (Å²) in [4.78, 5) is 0. The van der Waals surface area contributed by atoms with Gasteiger partial charge < -0.3 is 15.2 Å². The summed E-state index contributed by atoms with van der Waals surface area (Å²) >= 11 is 0. The van der Waals surface area contributed by atoms with E-state index in [0.717, 1.165) is 17.4 Å². The van der Waals surface area contributed by atoms with Gasteiger partial charge in [0, 0.05) is 12.0 Å². The zero-order valence-electron chi connectivity index (χ0n) is 9.53. The summed E-state index contributed by atoms with van der Waals surface area (Å²) in [6.45, 7) is 3.28. The highest BCUT2D eigenvalue weighted by Gasteiger charge is 2.42. The normalized spacial score (nSPS) is 21.9. The molecule has 1 fully saturated rings. The van der Waals surface area contributed by atoms with E-state index < -0.39 is 0 Å². The Labute approximate surface area is 95.5 Å². The fourth-order valence-corrected chi connectivity index (χ4v) is 2.49. The molecule has 0 amide bonds. The Bertz CT molecular complexity index is 414. The van der Waals surface area contributed by atoms with Gasteiger partial charge in [0.15, 0.2) is 11.5 Å². The smallest absolute Gasteiger partial charge is 0.231 e. The van der Waals surface area contributed by atoms with Crippen molar-refractivity contribution in [3.05, 3.63) is 23.8 Å². The number of hydrogen-bond donors (Lipinski definition) is 1. The lowest BCUT2D eigenvalue weighted by Gasteiger charge is -2.28. The highest BCUT2D eigenvalue weighted by atomic mass is 16.7. The van der Waals surface area contributed by atoms with Crippen LogP contribution in [-0.2, 0) is 5.41 Å². The lowest BCUT2D eigenvalue weighted by atomic mass is 9.78. The summed E-state index contributed by atoms with van der Waals surface area (Å²) in [5.74, 6) is 2.44. The number of benzene rings is 1. The Balaban J connectivity index is 1.99. The molecule has 0 spiro atoms. The molecule has 2 aliphatic rings. The van der Waals surface area contributed by atoms with Crippen molar-refractivity contribution in [2.45, 2.75) is 25.2 Å². The molecule has 1 saturated carbocycles. The van der Waals surface area contributed by atoms with Crippen molar-refractivity contribution in [2.24, 2.45) is 11.7 Å². The largest absolute Gasteiger partial charge is 0.454 e. The number of hydrogen-bond acceptors (Lipinski definition) is 3. The zero-order chi connectivity index (χ0) is 11.2. The van der Waals surface area contributed by atoms with Gasteiger partial charge >= 0.3 is 0 Å². The molecule has 16 heavy (non-hydrogen) atoms. The summed E-state index contributed by atoms with van der Waals surface area (Å²) < 4.78 is 10.7. The van der Waals surface area contributed by atoms with Gasteiger partial charge in [-0.3, -0.25) is 0 Å². The van der Waals surface area contributed by atoms with Gasteiger partial charge in [-0.25, -0.2) is 0 Å². The number of fused-ring (bicyclic) bond motifs is 1. The molecular weight excluding hydrogens is 202 g/mol. The maximum absolute atomic E-state index is 5.95. The fraction of sp³-hybridized carbons (Fsp3) is 0.538. The minimum atomic E-state index is 0.0982. The first-order chi connectivity index (χ1) is 7.74. The van der Waals surface area contributed by atoms with E-state index in [-0.39, 0.29) is 5.41 Å². The number of nitrogens with two attached hydrogens (primary N) is 1. The second-order valence-corrected chi connectivity index (χ2v) is 4.96. The van der Waals surface area contributed by atoms with E-state index in [1.54, 1.807) is 0 Å². The SMILES string of the molecule is CC(CN)(c1ccc2c(c1)OCO2)C1CC1. The molecule has 1 aromatic carbocycles. The quantitative estimate of drug-likeness (QED) is 0.846. The van der Waals surface area contributed by atoms with Crippen molar-refractivity contribution in [3.8, 4) is 11.5 Å². The second kappa shape index (κ2) is 3.39. The molecule has 1 aromatic rings. The number of rotatable bonds is 3. The third-order valence-corrected chi connectivity index (χ3v) is 3.93. The van der Waals surface area contributed by atoms with Crippen LogP contribution in [0.2, 0.25) is 0 Å². The van der Waals surface area contributed by atoms with Crippen molar-refractivity contribution in [3.63, 3.8) is 0 Å². The Hall–Kier alpha value is -1.22. The monoisotopic (exact) mass is 219 g/mol. The predicted molar refractivity (Wildman–Crippen MR) is 61.7 cm³/mol. The average molecular weight is 219 g/mol. The summed E-state index contributed by atoms with van der Waals surface area (Å²) in [6, 6.07) is 6.21. The Morgan fingerprint density at radius 2 is 2.06 bits per heavy atom. The Morgan fingerprint density at radius 1 is 1.31 bits per heavy atom. The van der Waals surface area contributed by atoms with Crippen molar-refractivity contribution < 1.29 is 9.47 Å². The van der Waals surface area contributed by atoms with Crippen LogP contribution in [0.4, 0.5) is 0 Å².